The van der Waals surface area contributed by atoms with E-state index >= 15 is 0 Å². The van der Waals surface area contributed by atoms with Crippen LogP contribution in [0.2, 0.25) is 0 Å². The van der Waals surface area contributed by atoms with Crippen LogP contribution in [0.5, 0.6) is 0 Å². The molecule has 0 aliphatic heterocycles. The van der Waals surface area contributed by atoms with Crippen molar-refractivity contribution in [2.45, 2.75) is 65.3 Å². The number of amides is 1. The Morgan fingerprint density at radius 1 is 1.18 bits per heavy atom. The van der Waals surface area contributed by atoms with Crippen LogP contribution in [0, 0.1) is 0 Å². The molecule has 0 fully saturated rings. The van der Waals surface area contributed by atoms with Crippen molar-refractivity contribution in [1.29, 1.82) is 0 Å². The minimum Gasteiger partial charge on any atom is -0.480 e. The second-order valence-corrected chi connectivity index (χ2v) is 4.71. The Balaban J connectivity index is 4.87. The number of hydrogen-bond acceptors (Lipinski definition) is 2. The molecule has 4 heteroatoms. The van der Waals surface area contributed by atoms with Crippen molar-refractivity contribution in [2.24, 2.45) is 0 Å². The summed E-state index contributed by atoms with van der Waals surface area (Å²) in [5, 5.41) is 9.38. The lowest BCUT2D eigenvalue weighted by molar-refractivity contribution is -0.158. The highest BCUT2D eigenvalue weighted by Crippen LogP contribution is 2.24. The quantitative estimate of drug-likeness (QED) is 0.667. The summed E-state index contributed by atoms with van der Waals surface area (Å²) in [6.45, 7) is 7.63. The molecule has 0 rings (SSSR count). The Hall–Kier alpha value is -1.06. The van der Waals surface area contributed by atoms with Gasteiger partial charge in [0.05, 0.1) is 0 Å². The fourth-order valence-corrected chi connectivity index (χ4v) is 2.05. The van der Waals surface area contributed by atoms with Crippen molar-refractivity contribution in [1.82, 2.24) is 4.90 Å². The van der Waals surface area contributed by atoms with Gasteiger partial charge in [-0.05, 0) is 19.8 Å². The molecule has 1 amide bonds. The van der Waals surface area contributed by atoms with Crippen LogP contribution in [0.15, 0.2) is 0 Å². The molecule has 0 saturated heterocycles. The van der Waals surface area contributed by atoms with Gasteiger partial charge in [0, 0.05) is 13.5 Å². The molecule has 1 N–H and O–H groups in total. The number of aliphatic carboxylic acids is 1. The second-order valence-electron chi connectivity index (χ2n) is 4.71. The zero-order valence-corrected chi connectivity index (χ0v) is 11.5. The summed E-state index contributed by atoms with van der Waals surface area (Å²) >= 11 is 0. The van der Waals surface area contributed by atoms with Gasteiger partial charge >= 0.3 is 5.97 Å². The Kier molecular flexibility index (Phi) is 6.85. The molecule has 0 heterocycles. The maximum Gasteiger partial charge on any atom is 0.329 e. The van der Waals surface area contributed by atoms with Crippen LogP contribution >= 0.6 is 0 Å². The van der Waals surface area contributed by atoms with Gasteiger partial charge in [0.1, 0.15) is 5.54 Å². The molecule has 1 unspecified atom stereocenters. The molecule has 0 aromatic heterocycles. The molecule has 17 heavy (non-hydrogen) atoms. The molecule has 4 nitrogen and oxygen atoms in total. The zero-order valence-electron chi connectivity index (χ0n) is 11.5. The van der Waals surface area contributed by atoms with Crippen LogP contribution in [-0.2, 0) is 9.59 Å². The number of rotatable bonds is 8. The fraction of sp³-hybridized carbons (Fsp3) is 0.846. The smallest absolute Gasteiger partial charge is 0.329 e. The van der Waals surface area contributed by atoms with Crippen LogP contribution in [0.25, 0.3) is 0 Å². The van der Waals surface area contributed by atoms with E-state index in [2.05, 4.69) is 6.92 Å². The predicted octanol–water partition coefficient (Wildman–Crippen LogP) is 2.67. The lowest BCUT2D eigenvalue weighted by Crippen LogP contribution is -2.54. The minimum absolute atomic E-state index is 0.159. The van der Waals surface area contributed by atoms with Crippen LogP contribution in [-0.4, -0.2) is 34.0 Å². The number of carbonyl (C=O) groups excluding carboxylic acids is 1. The number of carboxylic acids is 1. The SMILES string of the molecule is CCCCCC(C)(C(=O)O)N(CCC)C(C)=O. The van der Waals surface area contributed by atoms with E-state index in [-0.39, 0.29) is 5.91 Å². The Morgan fingerprint density at radius 3 is 2.12 bits per heavy atom. The number of nitrogens with zero attached hydrogens (tertiary/aromatic N) is 1. The van der Waals surface area contributed by atoms with E-state index in [1.54, 1.807) is 6.92 Å². The number of carbonyl (C=O) groups is 2. The summed E-state index contributed by atoms with van der Waals surface area (Å²) in [5.74, 6) is -1.06. The van der Waals surface area contributed by atoms with Gasteiger partial charge in [0.15, 0.2) is 0 Å². The Bertz CT molecular complexity index is 265. The Labute approximate surface area is 104 Å². The number of carboxylic acid groups (broad SMARTS) is 1. The van der Waals surface area contributed by atoms with E-state index < -0.39 is 11.5 Å². The number of hydrogen-bond donors (Lipinski definition) is 1. The Morgan fingerprint density at radius 2 is 1.76 bits per heavy atom. The molecule has 0 aromatic carbocycles. The van der Waals surface area contributed by atoms with Crippen molar-refractivity contribution < 1.29 is 14.7 Å². The molecular weight excluding hydrogens is 218 g/mol. The van der Waals surface area contributed by atoms with Gasteiger partial charge in [0.25, 0.3) is 0 Å². The topological polar surface area (TPSA) is 57.6 Å². The van der Waals surface area contributed by atoms with Crippen LogP contribution in [0.4, 0.5) is 0 Å². The second kappa shape index (κ2) is 7.30. The third kappa shape index (κ3) is 4.36. The minimum atomic E-state index is -1.06. The third-order valence-corrected chi connectivity index (χ3v) is 3.15. The molecule has 0 aliphatic rings. The van der Waals surface area contributed by atoms with E-state index in [1.807, 2.05) is 6.92 Å². The van der Waals surface area contributed by atoms with Gasteiger partial charge in [0.2, 0.25) is 5.91 Å². The first-order chi connectivity index (χ1) is 7.90. The van der Waals surface area contributed by atoms with Crippen LogP contribution in [0.1, 0.15) is 59.8 Å². The van der Waals surface area contributed by atoms with E-state index in [4.69, 9.17) is 0 Å². The molecule has 0 radical (unpaired) electrons. The average Bonchev–Trinajstić information content (AvgIpc) is 2.25. The molecule has 0 aromatic rings. The van der Waals surface area contributed by atoms with Gasteiger partial charge in [-0.3, -0.25) is 4.79 Å². The normalized spacial score (nSPS) is 14.1. The molecule has 1 atom stereocenters. The van der Waals surface area contributed by atoms with Crippen molar-refractivity contribution in [3.05, 3.63) is 0 Å². The first kappa shape index (κ1) is 15.9. The van der Waals surface area contributed by atoms with Gasteiger partial charge in [-0.1, -0.05) is 33.1 Å². The van der Waals surface area contributed by atoms with Gasteiger partial charge in [-0.2, -0.15) is 0 Å². The van der Waals surface area contributed by atoms with E-state index in [0.29, 0.717) is 13.0 Å². The zero-order chi connectivity index (χ0) is 13.5. The average molecular weight is 243 g/mol. The molecule has 0 saturated carbocycles. The first-order valence-electron chi connectivity index (χ1n) is 6.41. The summed E-state index contributed by atoms with van der Waals surface area (Å²) < 4.78 is 0. The summed E-state index contributed by atoms with van der Waals surface area (Å²) in [6.07, 6.45) is 4.18. The highest BCUT2D eigenvalue weighted by Gasteiger charge is 2.39. The first-order valence-corrected chi connectivity index (χ1v) is 6.41. The highest BCUT2D eigenvalue weighted by atomic mass is 16.4. The van der Waals surface area contributed by atoms with Gasteiger partial charge < -0.3 is 10.0 Å². The standard InChI is InChI=1S/C13H25NO3/c1-5-7-8-9-13(4,12(16)17)14(10-6-2)11(3)15/h5-10H2,1-4H3,(H,16,17). The number of unbranched alkanes of at least 4 members (excludes halogenated alkanes) is 2. The monoisotopic (exact) mass is 243 g/mol. The predicted molar refractivity (Wildman–Crippen MR) is 67.9 cm³/mol. The van der Waals surface area contributed by atoms with E-state index in [0.717, 1.165) is 25.7 Å². The van der Waals surface area contributed by atoms with Crippen LogP contribution in [0.3, 0.4) is 0 Å². The van der Waals surface area contributed by atoms with Gasteiger partial charge in [-0.15, -0.1) is 0 Å². The third-order valence-electron chi connectivity index (χ3n) is 3.15. The molecule has 0 spiro atoms. The van der Waals surface area contributed by atoms with E-state index in [9.17, 15) is 14.7 Å². The van der Waals surface area contributed by atoms with Crippen molar-refractivity contribution in [2.75, 3.05) is 6.54 Å². The van der Waals surface area contributed by atoms with Gasteiger partial charge in [-0.25, -0.2) is 4.79 Å². The molecule has 100 valence electrons. The van der Waals surface area contributed by atoms with Crippen molar-refractivity contribution in [3.63, 3.8) is 0 Å². The lowest BCUT2D eigenvalue weighted by Gasteiger charge is -2.37. The summed E-state index contributed by atoms with van der Waals surface area (Å²) in [4.78, 5) is 24.5. The lowest BCUT2D eigenvalue weighted by atomic mass is 9.92. The molecule has 0 aliphatic carbocycles. The van der Waals surface area contributed by atoms with Crippen molar-refractivity contribution in [3.8, 4) is 0 Å². The van der Waals surface area contributed by atoms with Crippen LogP contribution < -0.4 is 0 Å². The largest absolute Gasteiger partial charge is 0.480 e. The van der Waals surface area contributed by atoms with Crippen molar-refractivity contribution >= 4 is 11.9 Å². The summed E-state index contributed by atoms with van der Waals surface area (Å²) in [5.41, 5.74) is -1.06. The molecular formula is C13H25NO3. The highest BCUT2D eigenvalue weighted by molar-refractivity contribution is 5.85. The van der Waals surface area contributed by atoms with E-state index in [1.165, 1.54) is 11.8 Å². The maximum atomic E-state index is 11.6. The summed E-state index contributed by atoms with van der Waals surface area (Å²) in [6, 6.07) is 0. The maximum absolute atomic E-state index is 11.6. The fourth-order valence-electron chi connectivity index (χ4n) is 2.05. The summed E-state index contributed by atoms with van der Waals surface area (Å²) in [7, 11) is 0. The molecule has 0 bridgehead atoms.